The van der Waals surface area contributed by atoms with Crippen LogP contribution in [0.25, 0.3) is 0 Å². The van der Waals surface area contributed by atoms with Crippen LogP contribution in [0.3, 0.4) is 0 Å². The van der Waals surface area contributed by atoms with Crippen molar-refractivity contribution in [2.45, 2.75) is 36.3 Å². The van der Waals surface area contributed by atoms with Gasteiger partial charge in [0.1, 0.15) is 14.1 Å². The molecule has 0 aliphatic heterocycles. The molecule has 1 aliphatic rings. The zero-order valence-corrected chi connectivity index (χ0v) is 24.2. The summed E-state index contributed by atoms with van der Waals surface area (Å²) >= 11 is 0. The van der Waals surface area contributed by atoms with Crippen LogP contribution in [0.1, 0.15) is 69.6 Å². The SMILES string of the molecule is COC(OC)c1ccc(C2C(c3cc[n+](C)cc3)C(c3ccc(C(OC)OC)cc3)C2c2cc[n+](C)cc2)cc1. The van der Waals surface area contributed by atoms with Crippen LogP contribution in [0.4, 0.5) is 0 Å². The predicted molar refractivity (Wildman–Crippen MR) is 153 cm³/mol. The van der Waals surface area contributed by atoms with Crippen LogP contribution in [0, 0.1) is 0 Å². The maximum Gasteiger partial charge on any atom is 0.183 e. The Hall–Kier alpha value is -3.42. The largest absolute Gasteiger partial charge is 0.352 e. The molecule has 1 saturated carbocycles. The van der Waals surface area contributed by atoms with Crippen molar-refractivity contribution in [3.63, 3.8) is 0 Å². The standard InChI is InChI=1S/C34H40N2O4/c1-35-19-15-25(16-20-35)31-29(23-7-11-27(12-8-23)33(37-3)38-4)32(26-17-21-36(2)22-18-26)30(31)24-9-13-28(14-10-24)34(39-5)40-6/h7-22,29-34H,1-6H3/q+2. The molecule has 0 atom stereocenters. The van der Waals surface area contributed by atoms with E-state index >= 15 is 0 Å². The van der Waals surface area contributed by atoms with Gasteiger partial charge in [0.05, 0.1) is 0 Å². The third kappa shape index (κ3) is 5.45. The van der Waals surface area contributed by atoms with Crippen molar-refractivity contribution in [1.82, 2.24) is 0 Å². The highest BCUT2D eigenvalue weighted by molar-refractivity contribution is 5.48. The van der Waals surface area contributed by atoms with Gasteiger partial charge in [0.15, 0.2) is 37.4 Å². The van der Waals surface area contributed by atoms with E-state index < -0.39 is 0 Å². The number of pyridine rings is 2. The Bertz CT molecular complexity index is 1250. The summed E-state index contributed by atoms with van der Waals surface area (Å²) in [7, 11) is 10.8. The maximum atomic E-state index is 5.50. The van der Waals surface area contributed by atoms with Crippen molar-refractivity contribution in [3.8, 4) is 0 Å². The highest BCUT2D eigenvalue weighted by atomic mass is 16.7. The number of ether oxygens (including phenoxy) is 4. The molecule has 5 rings (SSSR count). The van der Waals surface area contributed by atoms with Gasteiger partial charge in [-0.3, -0.25) is 0 Å². The second-order valence-corrected chi connectivity index (χ2v) is 10.6. The first-order chi connectivity index (χ1) is 19.5. The van der Waals surface area contributed by atoms with E-state index in [9.17, 15) is 0 Å². The summed E-state index contributed by atoms with van der Waals surface area (Å²) < 4.78 is 26.2. The molecule has 0 spiro atoms. The smallest absolute Gasteiger partial charge is 0.183 e. The maximum absolute atomic E-state index is 5.50. The predicted octanol–water partition coefficient (Wildman–Crippen LogP) is 5.37. The van der Waals surface area contributed by atoms with Crippen LogP contribution >= 0.6 is 0 Å². The summed E-state index contributed by atoms with van der Waals surface area (Å²) in [6, 6.07) is 26.6. The molecular weight excluding hydrogens is 500 g/mol. The minimum atomic E-state index is -0.375. The van der Waals surface area contributed by atoms with Crippen LogP contribution < -0.4 is 9.13 Å². The molecule has 6 heteroatoms. The second kappa shape index (κ2) is 12.4. The zero-order chi connectivity index (χ0) is 28.2. The van der Waals surface area contributed by atoms with E-state index in [1.165, 1.54) is 22.3 Å². The molecule has 2 aromatic heterocycles. The first-order valence-corrected chi connectivity index (χ1v) is 13.7. The van der Waals surface area contributed by atoms with Gasteiger partial charge in [-0.15, -0.1) is 0 Å². The first-order valence-electron chi connectivity index (χ1n) is 13.7. The van der Waals surface area contributed by atoms with Crippen LogP contribution in [0.5, 0.6) is 0 Å². The quantitative estimate of drug-likeness (QED) is 0.201. The van der Waals surface area contributed by atoms with Gasteiger partial charge < -0.3 is 18.9 Å². The van der Waals surface area contributed by atoms with Crippen LogP contribution in [0.2, 0.25) is 0 Å². The van der Waals surface area contributed by atoms with E-state index in [2.05, 4.69) is 121 Å². The van der Waals surface area contributed by atoms with E-state index in [1.54, 1.807) is 28.4 Å². The highest BCUT2D eigenvalue weighted by Crippen LogP contribution is 2.66. The molecule has 6 nitrogen and oxygen atoms in total. The molecular formula is C34H40N2O4+2. The Morgan fingerprint density at radius 3 is 0.925 bits per heavy atom. The van der Waals surface area contributed by atoms with Gasteiger partial charge in [-0.05, 0) is 45.9 Å². The van der Waals surface area contributed by atoms with Gasteiger partial charge in [-0.25, -0.2) is 9.13 Å². The van der Waals surface area contributed by atoms with Gasteiger partial charge in [0.2, 0.25) is 0 Å². The lowest BCUT2D eigenvalue weighted by Gasteiger charge is -2.53. The van der Waals surface area contributed by atoms with E-state index in [-0.39, 0.29) is 12.6 Å². The summed E-state index contributed by atoms with van der Waals surface area (Å²) in [5.41, 5.74) is 7.35. The molecule has 0 N–H and O–H groups in total. The molecule has 1 aliphatic carbocycles. The van der Waals surface area contributed by atoms with Crippen molar-refractivity contribution < 1.29 is 28.1 Å². The Kier molecular flexibility index (Phi) is 8.72. The minimum absolute atomic E-state index is 0.299. The molecule has 0 saturated heterocycles. The lowest BCUT2D eigenvalue weighted by atomic mass is 9.49. The van der Waals surface area contributed by atoms with Crippen LogP contribution in [0.15, 0.2) is 97.6 Å². The third-order valence-corrected chi connectivity index (χ3v) is 8.37. The second-order valence-electron chi connectivity index (χ2n) is 10.6. The number of nitrogens with zero attached hydrogens (tertiary/aromatic N) is 2. The molecule has 0 unspecified atom stereocenters. The topological polar surface area (TPSA) is 44.7 Å². The Morgan fingerprint density at radius 2 is 0.675 bits per heavy atom. The summed E-state index contributed by atoms with van der Waals surface area (Å²) in [4.78, 5) is 0. The van der Waals surface area contributed by atoms with Crippen molar-refractivity contribution in [2.24, 2.45) is 14.1 Å². The van der Waals surface area contributed by atoms with Crippen LogP contribution in [-0.4, -0.2) is 28.4 Å². The number of rotatable bonds is 10. The monoisotopic (exact) mass is 540 g/mol. The number of benzene rings is 2. The normalized spacial score (nSPS) is 20.6. The Morgan fingerprint density at radius 1 is 0.425 bits per heavy atom. The van der Waals surface area contributed by atoms with Crippen LogP contribution in [-0.2, 0) is 33.0 Å². The fourth-order valence-electron chi connectivity index (χ4n) is 6.36. The van der Waals surface area contributed by atoms with E-state index in [1.807, 2.05) is 0 Å². The fraction of sp³-hybridized carbons (Fsp3) is 0.353. The van der Waals surface area contributed by atoms with E-state index in [0.29, 0.717) is 23.7 Å². The molecule has 1 fully saturated rings. The van der Waals surface area contributed by atoms with E-state index in [4.69, 9.17) is 18.9 Å². The number of methoxy groups -OCH3 is 4. The van der Waals surface area contributed by atoms with Crippen molar-refractivity contribution >= 4 is 0 Å². The summed E-state index contributed by atoms with van der Waals surface area (Å²) in [6.07, 6.45) is 7.84. The van der Waals surface area contributed by atoms with Gasteiger partial charge in [-0.2, -0.15) is 0 Å². The van der Waals surface area contributed by atoms with E-state index in [0.717, 1.165) is 11.1 Å². The Labute approximate surface area is 237 Å². The molecule has 2 aromatic carbocycles. The third-order valence-electron chi connectivity index (χ3n) is 8.37. The van der Waals surface area contributed by atoms with Gasteiger partial charge >= 0.3 is 0 Å². The summed E-state index contributed by atoms with van der Waals surface area (Å²) in [5.74, 6) is 1.21. The van der Waals surface area contributed by atoms with Crippen molar-refractivity contribution in [2.75, 3.05) is 28.4 Å². The summed E-state index contributed by atoms with van der Waals surface area (Å²) in [5, 5.41) is 0. The lowest BCUT2D eigenvalue weighted by Crippen LogP contribution is -2.41. The molecule has 4 aromatic rings. The minimum Gasteiger partial charge on any atom is -0.352 e. The highest BCUT2D eigenvalue weighted by Gasteiger charge is 2.53. The first kappa shape index (κ1) is 28.1. The van der Waals surface area contributed by atoms with Crippen molar-refractivity contribution in [3.05, 3.63) is 131 Å². The van der Waals surface area contributed by atoms with Gasteiger partial charge in [0.25, 0.3) is 0 Å². The summed E-state index contributed by atoms with van der Waals surface area (Å²) in [6.45, 7) is 0. The molecule has 0 radical (unpaired) electrons. The zero-order valence-electron chi connectivity index (χ0n) is 24.2. The number of aromatic nitrogens is 2. The fourth-order valence-corrected chi connectivity index (χ4v) is 6.36. The molecule has 40 heavy (non-hydrogen) atoms. The Balaban J connectivity index is 1.61. The number of hydrogen-bond acceptors (Lipinski definition) is 4. The average Bonchev–Trinajstić information content (AvgIpc) is 2.97. The molecule has 208 valence electrons. The number of aryl methyl sites for hydroxylation is 2. The molecule has 0 bridgehead atoms. The van der Waals surface area contributed by atoms with Gasteiger partial charge in [0, 0.05) is 63.8 Å². The molecule has 0 amide bonds. The molecule has 2 heterocycles. The number of hydrogen-bond donors (Lipinski definition) is 0. The van der Waals surface area contributed by atoms with Crippen molar-refractivity contribution in [1.29, 1.82) is 0 Å². The average molecular weight is 541 g/mol. The van der Waals surface area contributed by atoms with Gasteiger partial charge in [-0.1, -0.05) is 48.5 Å². The lowest BCUT2D eigenvalue weighted by molar-refractivity contribution is -0.671.